The van der Waals surface area contributed by atoms with Gasteiger partial charge < -0.3 is 14.4 Å². The Bertz CT molecular complexity index is 623. The fourth-order valence-corrected chi connectivity index (χ4v) is 2.58. The molecule has 116 valence electrons. The zero-order valence-electron chi connectivity index (χ0n) is 13.3. The Kier molecular flexibility index (Phi) is 3.62. The van der Waals surface area contributed by atoms with Gasteiger partial charge in [0.05, 0.1) is 6.54 Å². The van der Waals surface area contributed by atoms with Gasteiger partial charge >= 0.3 is 6.09 Å². The predicted octanol–water partition coefficient (Wildman–Crippen LogP) is 2.82. The smallest absolute Gasteiger partial charge is 0.410 e. The molecule has 1 aromatic rings. The standard InChI is InChI=1S/C18H21NO3/c1-17(2,3)22-16(20)19-12-11-18(15(13-19)21-18)10-9-14-7-5-4-6-8-14/h4-8,15H,11-13H2,1-3H3/t15-,18-/m0/s1. The maximum atomic E-state index is 12.1. The van der Waals surface area contributed by atoms with Crippen LogP contribution in [0.4, 0.5) is 4.79 Å². The Morgan fingerprint density at radius 1 is 1.36 bits per heavy atom. The summed E-state index contributed by atoms with van der Waals surface area (Å²) in [6, 6.07) is 9.88. The molecule has 1 aromatic carbocycles. The first-order valence-corrected chi connectivity index (χ1v) is 7.62. The van der Waals surface area contributed by atoms with Crippen molar-refractivity contribution in [3.05, 3.63) is 35.9 Å². The van der Waals surface area contributed by atoms with E-state index in [0.29, 0.717) is 13.1 Å². The summed E-state index contributed by atoms with van der Waals surface area (Å²) in [5.41, 5.74) is 0.151. The molecule has 2 saturated heterocycles. The molecule has 0 spiro atoms. The van der Waals surface area contributed by atoms with Crippen LogP contribution < -0.4 is 0 Å². The number of hydrogen-bond acceptors (Lipinski definition) is 3. The molecule has 4 heteroatoms. The Hall–Kier alpha value is -1.99. The number of rotatable bonds is 0. The van der Waals surface area contributed by atoms with Crippen molar-refractivity contribution in [2.24, 2.45) is 0 Å². The number of piperidine rings is 1. The molecule has 3 rings (SSSR count). The highest BCUT2D eigenvalue weighted by Crippen LogP contribution is 2.43. The minimum atomic E-state index is -0.469. The first-order chi connectivity index (χ1) is 10.4. The molecule has 2 aliphatic rings. The van der Waals surface area contributed by atoms with Crippen LogP contribution in [0.25, 0.3) is 0 Å². The third kappa shape index (κ3) is 3.26. The molecular weight excluding hydrogens is 278 g/mol. The number of ether oxygens (including phenoxy) is 2. The second kappa shape index (κ2) is 5.33. The largest absolute Gasteiger partial charge is 0.444 e. The zero-order chi connectivity index (χ0) is 15.8. The van der Waals surface area contributed by atoms with Gasteiger partial charge in [-0.05, 0) is 32.9 Å². The van der Waals surface area contributed by atoms with Crippen LogP contribution in [0.1, 0.15) is 32.8 Å². The van der Waals surface area contributed by atoms with Crippen molar-refractivity contribution < 1.29 is 14.3 Å². The quantitative estimate of drug-likeness (QED) is 0.546. The van der Waals surface area contributed by atoms with Gasteiger partial charge in [-0.25, -0.2) is 4.79 Å². The van der Waals surface area contributed by atoms with E-state index >= 15 is 0 Å². The molecule has 4 nitrogen and oxygen atoms in total. The monoisotopic (exact) mass is 299 g/mol. The van der Waals surface area contributed by atoms with Crippen molar-refractivity contribution in [1.29, 1.82) is 0 Å². The third-order valence-corrected chi connectivity index (χ3v) is 3.80. The van der Waals surface area contributed by atoms with E-state index in [1.807, 2.05) is 51.1 Å². The summed E-state index contributed by atoms with van der Waals surface area (Å²) >= 11 is 0. The van der Waals surface area contributed by atoms with Gasteiger partial charge in [0.15, 0.2) is 5.60 Å². The third-order valence-electron chi connectivity index (χ3n) is 3.80. The number of fused-ring (bicyclic) bond motifs is 1. The molecule has 1 amide bonds. The van der Waals surface area contributed by atoms with E-state index in [2.05, 4.69) is 11.8 Å². The van der Waals surface area contributed by atoms with Crippen LogP contribution >= 0.6 is 0 Å². The maximum Gasteiger partial charge on any atom is 0.410 e. The average Bonchev–Trinajstić information content (AvgIpc) is 3.18. The molecule has 0 aliphatic carbocycles. The van der Waals surface area contributed by atoms with Gasteiger partial charge in [0.2, 0.25) is 0 Å². The van der Waals surface area contributed by atoms with E-state index in [0.717, 1.165) is 12.0 Å². The van der Waals surface area contributed by atoms with Gasteiger partial charge in [-0.15, -0.1) is 0 Å². The van der Waals surface area contributed by atoms with Crippen molar-refractivity contribution in [3.8, 4) is 11.8 Å². The summed E-state index contributed by atoms with van der Waals surface area (Å²) in [4.78, 5) is 13.8. The van der Waals surface area contributed by atoms with Crippen molar-refractivity contribution >= 4 is 6.09 Å². The Labute approximate surface area is 131 Å². The normalized spacial score (nSPS) is 26.5. The SMILES string of the molecule is CC(C)(C)OC(=O)N1CC[C@]2(C#Cc3ccccc3)O[C@H]2C1. The molecule has 2 fully saturated rings. The topological polar surface area (TPSA) is 42.1 Å². The van der Waals surface area contributed by atoms with Crippen LogP contribution in [0.15, 0.2) is 30.3 Å². The van der Waals surface area contributed by atoms with E-state index in [1.165, 1.54) is 0 Å². The molecule has 0 aromatic heterocycles. The molecular formula is C18H21NO3. The highest BCUT2D eigenvalue weighted by molar-refractivity contribution is 5.68. The van der Waals surface area contributed by atoms with Gasteiger partial charge in [0.1, 0.15) is 11.7 Å². The second-order valence-corrected chi connectivity index (χ2v) is 6.79. The first kappa shape index (κ1) is 14.9. The maximum absolute atomic E-state index is 12.1. The number of likely N-dealkylation sites (tertiary alicyclic amines) is 1. The van der Waals surface area contributed by atoms with Crippen LogP contribution in [0, 0.1) is 11.8 Å². The number of hydrogen-bond donors (Lipinski definition) is 0. The minimum Gasteiger partial charge on any atom is -0.444 e. The molecule has 22 heavy (non-hydrogen) atoms. The van der Waals surface area contributed by atoms with E-state index in [-0.39, 0.29) is 17.8 Å². The number of carbonyl (C=O) groups is 1. The summed E-state index contributed by atoms with van der Waals surface area (Å²) in [5, 5.41) is 0. The summed E-state index contributed by atoms with van der Waals surface area (Å²) < 4.78 is 11.2. The summed E-state index contributed by atoms with van der Waals surface area (Å²) in [7, 11) is 0. The lowest BCUT2D eigenvalue weighted by Crippen LogP contribution is -2.44. The van der Waals surface area contributed by atoms with Crippen LogP contribution in [-0.2, 0) is 9.47 Å². The summed E-state index contributed by atoms with van der Waals surface area (Å²) in [5.74, 6) is 6.41. The van der Waals surface area contributed by atoms with E-state index in [1.54, 1.807) is 4.90 Å². The van der Waals surface area contributed by atoms with Crippen LogP contribution in [-0.4, -0.2) is 41.4 Å². The lowest BCUT2D eigenvalue weighted by Gasteiger charge is -2.29. The highest BCUT2D eigenvalue weighted by atomic mass is 16.6. The van der Waals surface area contributed by atoms with Gasteiger partial charge in [-0.2, -0.15) is 0 Å². The van der Waals surface area contributed by atoms with Gasteiger partial charge in [0, 0.05) is 18.5 Å². The molecule has 2 aliphatic heterocycles. The van der Waals surface area contributed by atoms with Crippen molar-refractivity contribution in [2.45, 2.75) is 44.5 Å². The predicted molar refractivity (Wildman–Crippen MR) is 83.3 cm³/mol. The Morgan fingerprint density at radius 3 is 2.73 bits per heavy atom. The molecule has 0 bridgehead atoms. The lowest BCUT2D eigenvalue weighted by molar-refractivity contribution is 0.0224. The van der Waals surface area contributed by atoms with E-state index < -0.39 is 5.60 Å². The fraction of sp³-hybridized carbons (Fsp3) is 0.500. The van der Waals surface area contributed by atoms with Crippen LogP contribution in [0.3, 0.4) is 0 Å². The minimum absolute atomic E-state index is 0.00461. The average molecular weight is 299 g/mol. The highest BCUT2D eigenvalue weighted by Gasteiger charge is 2.59. The van der Waals surface area contributed by atoms with Gasteiger partial charge in [-0.1, -0.05) is 30.0 Å². The van der Waals surface area contributed by atoms with Gasteiger partial charge in [0.25, 0.3) is 0 Å². The Balaban J connectivity index is 1.60. The number of amides is 1. The first-order valence-electron chi connectivity index (χ1n) is 7.62. The molecule has 0 saturated carbocycles. The molecule has 2 atom stereocenters. The summed E-state index contributed by atoms with van der Waals surface area (Å²) in [6.45, 7) is 6.79. The molecule has 0 radical (unpaired) electrons. The van der Waals surface area contributed by atoms with Crippen molar-refractivity contribution in [2.75, 3.05) is 13.1 Å². The Morgan fingerprint density at radius 2 is 2.09 bits per heavy atom. The van der Waals surface area contributed by atoms with Crippen LogP contribution in [0.5, 0.6) is 0 Å². The summed E-state index contributed by atoms with van der Waals surface area (Å²) in [6.07, 6.45) is 0.467. The van der Waals surface area contributed by atoms with Crippen molar-refractivity contribution in [1.82, 2.24) is 4.90 Å². The molecule has 0 N–H and O–H groups in total. The van der Waals surface area contributed by atoms with Crippen molar-refractivity contribution in [3.63, 3.8) is 0 Å². The van der Waals surface area contributed by atoms with E-state index in [4.69, 9.17) is 9.47 Å². The van der Waals surface area contributed by atoms with E-state index in [9.17, 15) is 4.79 Å². The number of carbonyl (C=O) groups excluding carboxylic acids is 1. The number of benzene rings is 1. The lowest BCUT2D eigenvalue weighted by atomic mass is 9.97. The second-order valence-electron chi connectivity index (χ2n) is 6.79. The van der Waals surface area contributed by atoms with Gasteiger partial charge in [-0.3, -0.25) is 0 Å². The van der Waals surface area contributed by atoms with Crippen LogP contribution in [0.2, 0.25) is 0 Å². The number of nitrogens with zero attached hydrogens (tertiary/aromatic N) is 1. The number of epoxide rings is 1. The molecule has 2 heterocycles. The zero-order valence-corrected chi connectivity index (χ0v) is 13.3. The fourth-order valence-electron chi connectivity index (χ4n) is 2.58. The molecule has 0 unspecified atom stereocenters.